The molecule has 41 heavy (non-hydrogen) atoms. The first-order chi connectivity index (χ1) is 19.3. The number of anilines is 4. The topological polar surface area (TPSA) is 24.9 Å². The van der Waals surface area contributed by atoms with Gasteiger partial charge in [0.2, 0.25) is 0 Å². The van der Waals surface area contributed by atoms with E-state index in [1.165, 1.54) is 16.7 Å². The molecular formula is C36H41N2O2Ti-. The molecule has 4 aromatic rings. The van der Waals surface area contributed by atoms with Crippen molar-refractivity contribution >= 4 is 22.7 Å². The van der Waals surface area contributed by atoms with Crippen LogP contribution in [0.2, 0.25) is 0 Å². The van der Waals surface area contributed by atoms with Crippen molar-refractivity contribution in [3.63, 3.8) is 0 Å². The van der Waals surface area contributed by atoms with Gasteiger partial charge in [-0.3, -0.25) is 15.8 Å². The van der Waals surface area contributed by atoms with Gasteiger partial charge in [-0.2, -0.15) is 11.1 Å². The van der Waals surface area contributed by atoms with Gasteiger partial charge in [0.15, 0.2) is 0 Å². The smallest absolute Gasteiger partial charge is 0.0695 e. The molecule has 5 rings (SSSR count). The van der Waals surface area contributed by atoms with E-state index in [-0.39, 0.29) is 27.1 Å². The van der Waals surface area contributed by atoms with E-state index in [1.807, 2.05) is 121 Å². The minimum absolute atomic E-state index is 0. The van der Waals surface area contributed by atoms with Crippen molar-refractivity contribution in [3.8, 4) is 0 Å². The zero-order valence-electron chi connectivity index (χ0n) is 25.3. The zero-order chi connectivity index (χ0) is 29.0. The third-order valence-electron chi connectivity index (χ3n) is 6.89. The predicted octanol–water partition coefficient (Wildman–Crippen LogP) is 9.88. The van der Waals surface area contributed by atoms with E-state index in [9.17, 15) is 0 Å². The number of rotatable bonds is 6. The second kappa shape index (κ2) is 16.8. The van der Waals surface area contributed by atoms with Gasteiger partial charge in [-0.1, -0.05) is 106 Å². The Balaban J connectivity index is 0.000000217. The van der Waals surface area contributed by atoms with Crippen LogP contribution in [0, 0.1) is 11.5 Å². The summed E-state index contributed by atoms with van der Waals surface area (Å²) in [5, 5.41) is 3.58. The SMILES string of the molecule is CC1=[C-]C(C)(C)C(C)=C1C.CON(c1ccccc1)c1ccccc1.CON(c1ccccc1)c1ccccc1.[Ti]. The van der Waals surface area contributed by atoms with Crippen LogP contribution in [0.25, 0.3) is 0 Å². The molecule has 0 spiro atoms. The third kappa shape index (κ3) is 9.59. The normalized spacial score (nSPS) is 13.0. The van der Waals surface area contributed by atoms with Crippen molar-refractivity contribution in [1.29, 1.82) is 0 Å². The number of hydrogen-bond donors (Lipinski definition) is 0. The van der Waals surface area contributed by atoms with E-state index in [1.54, 1.807) is 24.3 Å². The van der Waals surface area contributed by atoms with Crippen molar-refractivity contribution in [2.45, 2.75) is 34.6 Å². The molecule has 4 aromatic carbocycles. The van der Waals surface area contributed by atoms with Crippen LogP contribution in [-0.2, 0) is 31.4 Å². The Kier molecular flexibility index (Phi) is 13.8. The maximum absolute atomic E-state index is 5.36. The largest absolute Gasteiger partial charge is 0.272 e. The van der Waals surface area contributed by atoms with Crippen LogP contribution in [0.15, 0.2) is 138 Å². The van der Waals surface area contributed by atoms with Crippen molar-refractivity contribution in [2.75, 3.05) is 24.3 Å². The van der Waals surface area contributed by atoms with E-state index >= 15 is 0 Å². The van der Waals surface area contributed by atoms with Gasteiger partial charge in [0.25, 0.3) is 0 Å². The van der Waals surface area contributed by atoms with Gasteiger partial charge in [0, 0.05) is 21.7 Å². The van der Waals surface area contributed by atoms with Crippen molar-refractivity contribution in [1.82, 2.24) is 0 Å². The first-order valence-corrected chi connectivity index (χ1v) is 13.5. The van der Waals surface area contributed by atoms with Crippen LogP contribution < -0.4 is 10.1 Å². The molecule has 1 aliphatic carbocycles. The van der Waals surface area contributed by atoms with E-state index in [2.05, 4.69) is 40.7 Å². The molecule has 0 aliphatic heterocycles. The maximum atomic E-state index is 5.36. The van der Waals surface area contributed by atoms with Crippen molar-refractivity contribution in [2.24, 2.45) is 5.41 Å². The molecule has 0 saturated carbocycles. The maximum Gasteiger partial charge on any atom is 0.0695 e. The molecule has 0 radical (unpaired) electrons. The van der Waals surface area contributed by atoms with E-state index in [0.29, 0.717) is 0 Å². The summed E-state index contributed by atoms with van der Waals surface area (Å²) in [6.07, 6.45) is 3.44. The molecule has 0 aromatic heterocycles. The summed E-state index contributed by atoms with van der Waals surface area (Å²) in [6, 6.07) is 40.0. The molecule has 0 saturated heterocycles. The summed E-state index contributed by atoms with van der Waals surface area (Å²) in [4.78, 5) is 10.7. The number of allylic oxidation sites excluding steroid dienone is 4. The number of nitrogens with zero attached hydrogens (tertiary/aromatic N) is 2. The summed E-state index contributed by atoms with van der Waals surface area (Å²) >= 11 is 0. The van der Waals surface area contributed by atoms with Gasteiger partial charge in [-0.05, 0) is 48.5 Å². The summed E-state index contributed by atoms with van der Waals surface area (Å²) in [5.41, 5.74) is 8.47. The van der Waals surface area contributed by atoms with Crippen LogP contribution in [0.1, 0.15) is 34.6 Å². The summed E-state index contributed by atoms with van der Waals surface area (Å²) in [6.45, 7) is 10.9. The molecule has 0 unspecified atom stereocenters. The molecular weight excluding hydrogens is 540 g/mol. The second-order valence-corrected chi connectivity index (χ2v) is 9.92. The summed E-state index contributed by atoms with van der Waals surface area (Å²) < 4.78 is 0. The first kappa shape index (κ1) is 33.8. The van der Waals surface area contributed by atoms with Crippen LogP contribution in [0.3, 0.4) is 0 Å². The monoisotopic (exact) mass is 581 g/mol. The third-order valence-corrected chi connectivity index (χ3v) is 6.89. The number of hydrogen-bond acceptors (Lipinski definition) is 4. The molecule has 0 heterocycles. The molecule has 1 aliphatic rings. The van der Waals surface area contributed by atoms with Crippen LogP contribution in [0.4, 0.5) is 22.7 Å². The number of para-hydroxylation sites is 4. The fourth-order valence-corrected chi connectivity index (χ4v) is 4.38. The number of benzene rings is 4. The van der Waals surface area contributed by atoms with Gasteiger partial charge < -0.3 is 0 Å². The van der Waals surface area contributed by atoms with E-state index in [0.717, 1.165) is 22.7 Å². The van der Waals surface area contributed by atoms with Gasteiger partial charge in [-0.25, -0.2) is 15.7 Å². The summed E-state index contributed by atoms with van der Waals surface area (Å²) in [5.74, 6) is 0. The van der Waals surface area contributed by atoms with Gasteiger partial charge in [-0.15, -0.1) is 6.92 Å². The molecule has 4 nitrogen and oxygen atoms in total. The van der Waals surface area contributed by atoms with E-state index < -0.39 is 0 Å². The summed E-state index contributed by atoms with van der Waals surface area (Å²) in [7, 11) is 3.33. The Labute approximate surface area is 261 Å². The quantitative estimate of drug-likeness (QED) is 0.129. The molecule has 0 amide bonds. The fraction of sp³-hybridized carbons (Fsp3) is 0.222. The second-order valence-electron chi connectivity index (χ2n) is 9.92. The predicted molar refractivity (Wildman–Crippen MR) is 169 cm³/mol. The Morgan fingerprint density at radius 1 is 0.512 bits per heavy atom. The average Bonchev–Trinajstić information content (AvgIpc) is 3.17. The van der Waals surface area contributed by atoms with Gasteiger partial charge >= 0.3 is 0 Å². The molecule has 5 heteroatoms. The van der Waals surface area contributed by atoms with Gasteiger partial charge in [0.1, 0.15) is 0 Å². The van der Waals surface area contributed by atoms with Crippen LogP contribution in [0.5, 0.6) is 0 Å². The Morgan fingerprint density at radius 2 is 0.780 bits per heavy atom. The molecule has 212 valence electrons. The standard InChI is InChI=1S/2C13H13NO.C10H15.Ti/c2*1-15-14(12-8-4-2-5-9-12)13-10-6-3-7-11-13;1-7-6-10(4,5)9(3)8(7)2;/h2*2-11H,1H3;1-5H3;/q;;-1;. The Morgan fingerprint density at radius 3 is 0.927 bits per heavy atom. The van der Waals surface area contributed by atoms with Crippen LogP contribution in [-0.4, -0.2) is 14.2 Å². The van der Waals surface area contributed by atoms with E-state index in [4.69, 9.17) is 9.68 Å². The molecule has 0 bridgehead atoms. The Bertz CT molecular complexity index is 1190. The van der Waals surface area contributed by atoms with Crippen molar-refractivity contribution < 1.29 is 31.4 Å². The first-order valence-electron chi connectivity index (χ1n) is 13.5. The molecule has 0 N–H and O–H groups in total. The average molecular weight is 582 g/mol. The molecule has 0 atom stereocenters. The fourth-order valence-electron chi connectivity index (χ4n) is 4.38. The minimum Gasteiger partial charge on any atom is -0.272 e. The molecule has 0 fully saturated rings. The minimum atomic E-state index is 0. The Hall–Kier alpha value is -3.41. The zero-order valence-corrected chi connectivity index (χ0v) is 26.8. The van der Waals surface area contributed by atoms with Crippen LogP contribution >= 0.6 is 0 Å². The van der Waals surface area contributed by atoms with Gasteiger partial charge in [0.05, 0.1) is 37.0 Å². The van der Waals surface area contributed by atoms with Crippen molar-refractivity contribution in [3.05, 3.63) is 144 Å².